The first-order valence-electron chi connectivity index (χ1n) is 2.85. The van der Waals surface area contributed by atoms with Gasteiger partial charge in [-0.1, -0.05) is 6.92 Å². The van der Waals surface area contributed by atoms with Crippen LogP contribution in [0.2, 0.25) is 0 Å². The van der Waals surface area contributed by atoms with Gasteiger partial charge in [0, 0.05) is 6.42 Å². The zero-order valence-corrected chi connectivity index (χ0v) is 5.22. The molecule has 0 radical (unpaired) electrons. The number of hydrogen-bond acceptors (Lipinski definition) is 3. The fourth-order valence-corrected chi connectivity index (χ4v) is 0.597. The molecule has 0 aliphatic carbocycles. The van der Waals surface area contributed by atoms with E-state index in [1.807, 2.05) is 6.92 Å². The van der Waals surface area contributed by atoms with Gasteiger partial charge in [0.25, 0.3) is 0 Å². The average molecular weight is 128 g/mol. The van der Waals surface area contributed by atoms with Crippen molar-refractivity contribution in [2.75, 3.05) is 6.61 Å². The molecule has 3 heteroatoms. The van der Waals surface area contributed by atoms with Gasteiger partial charge in [-0.05, 0) is 0 Å². The van der Waals surface area contributed by atoms with Crippen molar-refractivity contribution >= 4 is 5.78 Å². The van der Waals surface area contributed by atoms with Crippen LogP contribution in [-0.2, 0) is 14.6 Å². The first kappa shape index (κ1) is 6.29. The van der Waals surface area contributed by atoms with Crippen LogP contribution in [0.3, 0.4) is 0 Å². The van der Waals surface area contributed by atoms with E-state index in [0.717, 1.165) is 0 Å². The molecule has 0 spiro atoms. The van der Waals surface area contributed by atoms with Gasteiger partial charge in [0.05, 0.1) is 5.57 Å². The summed E-state index contributed by atoms with van der Waals surface area (Å²) in [5.74, 6) is 0.0903. The maximum Gasteiger partial charge on any atom is 0.164 e. The van der Waals surface area contributed by atoms with Crippen LogP contribution in [-0.4, -0.2) is 12.4 Å². The quantitative estimate of drug-likeness (QED) is 0.516. The molecule has 0 bridgehead atoms. The summed E-state index contributed by atoms with van der Waals surface area (Å²) < 4.78 is 0. The van der Waals surface area contributed by atoms with Crippen LogP contribution in [0.5, 0.6) is 0 Å². The third-order valence-corrected chi connectivity index (χ3v) is 1.15. The molecule has 1 heterocycles. The molecule has 9 heavy (non-hydrogen) atoms. The lowest BCUT2D eigenvalue weighted by Crippen LogP contribution is -2.01. The molecular formula is C6H8O3. The first-order valence-corrected chi connectivity index (χ1v) is 2.85. The molecule has 0 aromatic heterocycles. The van der Waals surface area contributed by atoms with E-state index in [1.54, 1.807) is 0 Å². The maximum absolute atomic E-state index is 10.8. The van der Waals surface area contributed by atoms with Crippen molar-refractivity contribution in [1.29, 1.82) is 0 Å². The molecule has 0 N–H and O–H groups in total. The highest BCUT2D eigenvalue weighted by Gasteiger charge is 2.12. The summed E-state index contributed by atoms with van der Waals surface area (Å²) in [7, 11) is 0. The molecule has 1 aliphatic rings. The summed E-state index contributed by atoms with van der Waals surface area (Å²) in [6.07, 6.45) is 1.87. The SMILES string of the molecule is CCC(=O)C1=COOC1. The number of carbonyl (C=O) groups is 1. The molecule has 0 atom stereocenters. The van der Waals surface area contributed by atoms with E-state index in [-0.39, 0.29) is 5.78 Å². The fraction of sp³-hybridized carbons (Fsp3) is 0.500. The molecule has 0 unspecified atom stereocenters. The largest absolute Gasteiger partial charge is 0.345 e. The zero-order valence-electron chi connectivity index (χ0n) is 5.22. The monoisotopic (exact) mass is 128 g/mol. The normalized spacial score (nSPS) is 16.8. The lowest BCUT2D eigenvalue weighted by molar-refractivity contribution is -0.221. The molecule has 1 rings (SSSR count). The molecule has 0 saturated carbocycles. The average Bonchev–Trinajstić information content (AvgIpc) is 2.37. The third kappa shape index (κ3) is 1.29. The molecule has 0 fully saturated rings. The van der Waals surface area contributed by atoms with Gasteiger partial charge in [0.1, 0.15) is 12.9 Å². The standard InChI is InChI=1S/C6H8O3/c1-2-6(7)5-3-8-9-4-5/h3H,2,4H2,1H3. The Morgan fingerprint density at radius 2 is 2.67 bits per heavy atom. The van der Waals surface area contributed by atoms with Crippen molar-refractivity contribution < 1.29 is 14.6 Å². The third-order valence-electron chi connectivity index (χ3n) is 1.15. The summed E-state index contributed by atoms with van der Waals surface area (Å²) in [4.78, 5) is 19.6. The van der Waals surface area contributed by atoms with Gasteiger partial charge in [-0.2, -0.15) is 4.89 Å². The molecule has 50 valence electrons. The molecule has 0 saturated heterocycles. The predicted octanol–water partition coefficient (Wildman–Crippen LogP) is 0.811. The molecule has 3 nitrogen and oxygen atoms in total. The molecule has 0 aromatic carbocycles. The first-order chi connectivity index (χ1) is 4.34. The van der Waals surface area contributed by atoms with Crippen molar-refractivity contribution in [2.45, 2.75) is 13.3 Å². The molecular weight excluding hydrogens is 120 g/mol. The summed E-state index contributed by atoms with van der Waals surface area (Å²) in [6, 6.07) is 0. The summed E-state index contributed by atoms with van der Waals surface area (Å²) in [6.45, 7) is 2.11. The van der Waals surface area contributed by atoms with Crippen molar-refractivity contribution in [3.63, 3.8) is 0 Å². The smallest absolute Gasteiger partial charge is 0.164 e. The van der Waals surface area contributed by atoms with Crippen LogP contribution >= 0.6 is 0 Å². The molecule has 1 aliphatic heterocycles. The second kappa shape index (κ2) is 2.64. The Hall–Kier alpha value is -0.830. The Balaban J connectivity index is 2.51. The molecule has 0 aromatic rings. The minimum Gasteiger partial charge on any atom is -0.345 e. The van der Waals surface area contributed by atoms with Gasteiger partial charge >= 0.3 is 0 Å². The number of hydrogen-bond donors (Lipinski definition) is 0. The van der Waals surface area contributed by atoms with Gasteiger partial charge in [-0.3, -0.25) is 4.79 Å². The highest BCUT2D eigenvalue weighted by atomic mass is 17.2. The second-order valence-corrected chi connectivity index (χ2v) is 1.78. The highest BCUT2D eigenvalue weighted by Crippen LogP contribution is 2.07. The zero-order chi connectivity index (χ0) is 6.69. The number of Topliss-reactive ketones (excluding diaryl/α,β-unsaturated/α-hetero) is 1. The van der Waals surface area contributed by atoms with Crippen LogP contribution < -0.4 is 0 Å². The van der Waals surface area contributed by atoms with E-state index in [9.17, 15) is 4.79 Å². The van der Waals surface area contributed by atoms with E-state index >= 15 is 0 Å². The van der Waals surface area contributed by atoms with Gasteiger partial charge in [0.2, 0.25) is 0 Å². The lowest BCUT2D eigenvalue weighted by Gasteiger charge is -1.89. The predicted molar refractivity (Wildman–Crippen MR) is 30.4 cm³/mol. The minimum atomic E-state index is 0.0903. The Morgan fingerprint density at radius 3 is 3.11 bits per heavy atom. The van der Waals surface area contributed by atoms with Crippen molar-refractivity contribution in [2.24, 2.45) is 0 Å². The fourth-order valence-electron chi connectivity index (χ4n) is 0.597. The van der Waals surface area contributed by atoms with Crippen molar-refractivity contribution in [1.82, 2.24) is 0 Å². The van der Waals surface area contributed by atoms with E-state index in [0.29, 0.717) is 18.6 Å². The number of carbonyl (C=O) groups excluding carboxylic acids is 1. The van der Waals surface area contributed by atoms with Gasteiger partial charge in [-0.15, -0.1) is 0 Å². The van der Waals surface area contributed by atoms with Crippen LogP contribution in [0, 0.1) is 0 Å². The van der Waals surface area contributed by atoms with Crippen LogP contribution in [0.15, 0.2) is 11.8 Å². The Labute approximate surface area is 53.2 Å². The summed E-state index contributed by atoms with van der Waals surface area (Å²) in [5, 5.41) is 0. The van der Waals surface area contributed by atoms with E-state index in [1.165, 1.54) is 6.26 Å². The minimum absolute atomic E-state index is 0.0903. The Kier molecular flexibility index (Phi) is 1.85. The summed E-state index contributed by atoms with van der Waals surface area (Å²) in [5.41, 5.74) is 0.623. The topological polar surface area (TPSA) is 35.5 Å². The number of ketones is 1. The Morgan fingerprint density at radius 1 is 1.89 bits per heavy atom. The van der Waals surface area contributed by atoms with Crippen molar-refractivity contribution in [3.8, 4) is 0 Å². The second-order valence-electron chi connectivity index (χ2n) is 1.78. The van der Waals surface area contributed by atoms with E-state index in [2.05, 4.69) is 9.78 Å². The maximum atomic E-state index is 10.8. The van der Waals surface area contributed by atoms with E-state index in [4.69, 9.17) is 0 Å². The molecule has 0 amide bonds. The van der Waals surface area contributed by atoms with E-state index < -0.39 is 0 Å². The van der Waals surface area contributed by atoms with Crippen molar-refractivity contribution in [3.05, 3.63) is 11.8 Å². The Bertz CT molecular complexity index is 148. The lowest BCUT2D eigenvalue weighted by atomic mass is 10.2. The number of rotatable bonds is 2. The van der Waals surface area contributed by atoms with Crippen LogP contribution in [0.25, 0.3) is 0 Å². The van der Waals surface area contributed by atoms with Gasteiger partial charge in [-0.25, -0.2) is 0 Å². The summed E-state index contributed by atoms with van der Waals surface area (Å²) >= 11 is 0. The van der Waals surface area contributed by atoms with Crippen LogP contribution in [0.4, 0.5) is 0 Å². The highest BCUT2D eigenvalue weighted by molar-refractivity contribution is 5.95. The van der Waals surface area contributed by atoms with Crippen LogP contribution in [0.1, 0.15) is 13.3 Å². The van der Waals surface area contributed by atoms with Gasteiger partial charge < -0.3 is 4.89 Å². The van der Waals surface area contributed by atoms with Gasteiger partial charge in [0.15, 0.2) is 5.78 Å².